The highest BCUT2D eigenvalue weighted by Gasteiger charge is 2.13. The van der Waals surface area contributed by atoms with Crippen LogP contribution in [0.25, 0.3) is 0 Å². The summed E-state index contributed by atoms with van der Waals surface area (Å²) in [7, 11) is 3.39. The van der Waals surface area contributed by atoms with Gasteiger partial charge in [0.25, 0.3) is 0 Å². The fourth-order valence-electron chi connectivity index (χ4n) is 1.91. The summed E-state index contributed by atoms with van der Waals surface area (Å²) in [6.45, 7) is 1.91. The van der Waals surface area contributed by atoms with Crippen molar-refractivity contribution in [1.82, 2.24) is 0 Å². The van der Waals surface area contributed by atoms with Crippen LogP contribution in [0.3, 0.4) is 0 Å². The molecule has 2 rings (SSSR count). The van der Waals surface area contributed by atoms with Crippen molar-refractivity contribution >= 4 is 19.2 Å². The molecule has 100 valence electrons. The van der Waals surface area contributed by atoms with Gasteiger partial charge in [0.2, 0.25) is 0 Å². The van der Waals surface area contributed by atoms with Gasteiger partial charge in [0.1, 0.15) is 5.82 Å². The van der Waals surface area contributed by atoms with Gasteiger partial charge in [0.15, 0.2) is 11.5 Å². The first-order valence-electron chi connectivity index (χ1n) is 5.90. The molecule has 0 fully saturated rings. The minimum atomic E-state index is -0.178. The number of hydrogen-bond donors (Lipinski definition) is 0. The van der Waals surface area contributed by atoms with Crippen LogP contribution in [0.5, 0.6) is 11.5 Å². The highest BCUT2D eigenvalue weighted by molar-refractivity contribution is 7.56. The standard InChI is InChI=1S/C15H16FO2P/c1-10-6-4-7-11(16)15(10)19-13-9-5-8-12(17-2)14(13)18-3/h4-9,19H,1-3H3. The van der Waals surface area contributed by atoms with Crippen LogP contribution >= 0.6 is 8.58 Å². The fraction of sp³-hybridized carbons (Fsp3) is 0.200. The molecule has 1 atom stereocenters. The molecular formula is C15H16FO2P. The average Bonchev–Trinajstić information content (AvgIpc) is 2.42. The van der Waals surface area contributed by atoms with E-state index in [9.17, 15) is 4.39 Å². The molecule has 0 bridgehead atoms. The molecule has 0 aliphatic rings. The molecule has 4 heteroatoms. The Balaban J connectivity index is 2.44. The quantitative estimate of drug-likeness (QED) is 0.801. The van der Waals surface area contributed by atoms with Crippen LogP contribution in [0.1, 0.15) is 5.56 Å². The lowest BCUT2D eigenvalue weighted by molar-refractivity contribution is 0.357. The predicted octanol–water partition coefficient (Wildman–Crippen LogP) is 2.78. The molecule has 2 aromatic rings. The van der Waals surface area contributed by atoms with Gasteiger partial charge in [-0.3, -0.25) is 0 Å². The van der Waals surface area contributed by atoms with Crippen LogP contribution in [-0.2, 0) is 0 Å². The van der Waals surface area contributed by atoms with E-state index < -0.39 is 0 Å². The normalized spacial score (nSPS) is 10.9. The van der Waals surface area contributed by atoms with E-state index in [1.165, 1.54) is 6.07 Å². The maximum atomic E-state index is 13.9. The van der Waals surface area contributed by atoms with E-state index in [1.54, 1.807) is 20.3 Å². The summed E-state index contributed by atoms with van der Waals surface area (Å²) >= 11 is 0. The minimum absolute atomic E-state index is 0.178. The molecule has 0 saturated carbocycles. The molecular weight excluding hydrogens is 262 g/mol. The Morgan fingerprint density at radius 3 is 2.37 bits per heavy atom. The third-order valence-electron chi connectivity index (χ3n) is 2.88. The second-order valence-electron chi connectivity index (χ2n) is 4.10. The zero-order chi connectivity index (χ0) is 13.8. The number of aryl methyl sites for hydroxylation is 1. The van der Waals surface area contributed by atoms with E-state index in [-0.39, 0.29) is 14.4 Å². The van der Waals surface area contributed by atoms with Gasteiger partial charge in [0, 0.05) is 10.6 Å². The first kappa shape index (κ1) is 13.8. The van der Waals surface area contributed by atoms with Crippen molar-refractivity contribution < 1.29 is 13.9 Å². The second-order valence-corrected chi connectivity index (χ2v) is 5.39. The minimum Gasteiger partial charge on any atom is -0.493 e. The van der Waals surface area contributed by atoms with Crippen molar-refractivity contribution in [1.29, 1.82) is 0 Å². The van der Waals surface area contributed by atoms with Crippen molar-refractivity contribution in [2.75, 3.05) is 14.2 Å². The summed E-state index contributed by atoms with van der Waals surface area (Å²) in [4.78, 5) is 0. The fourth-order valence-corrected chi connectivity index (χ4v) is 3.18. The Labute approximate surface area is 114 Å². The molecule has 0 aliphatic heterocycles. The molecule has 0 N–H and O–H groups in total. The van der Waals surface area contributed by atoms with Gasteiger partial charge in [-0.25, -0.2) is 4.39 Å². The topological polar surface area (TPSA) is 18.5 Å². The number of methoxy groups -OCH3 is 2. The Kier molecular flexibility index (Phi) is 4.39. The molecule has 19 heavy (non-hydrogen) atoms. The molecule has 0 aliphatic carbocycles. The van der Waals surface area contributed by atoms with Crippen molar-refractivity contribution in [3.05, 3.63) is 47.8 Å². The summed E-state index contributed by atoms with van der Waals surface area (Å²) in [5.74, 6) is 1.16. The molecule has 0 spiro atoms. The van der Waals surface area contributed by atoms with Gasteiger partial charge in [-0.05, 0) is 24.6 Å². The monoisotopic (exact) mass is 278 g/mol. The third-order valence-corrected chi connectivity index (χ3v) is 4.43. The SMILES string of the molecule is COc1cccc(Pc2c(C)cccc2F)c1OC. The van der Waals surface area contributed by atoms with Gasteiger partial charge in [-0.2, -0.15) is 0 Å². The van der Waals surface area contributed by atoms with E-state index in [4.69, 9.17) is 9.47 Å². The van der Waals surface area contributed by atoms with Crippen LogP contribution in [0.4, 0.5) is 4.39 Å². The molecule has 0 heterocycles. The molecule has 1 unspecified atom stereocenters. The maximum absolute atomic E-state index is 13.9. The smallest absolute Gasteiger partial charge is 0.168 e. The molecule has 0 saturated heterocycles. The molecule has 2 aromatic carbocycles. The van der Waals surface area contributed by atoms with Gasteiger partial charge in [0.05, 0.1) is 14.2 Å². The first-order valence-corrected chi connectivity index (χ1v) is 6.90. The van der Waals surface area contributed by atoms with Gasteiger partial charge >= 0.3 is 0 Å². The maximum Gasteiger partial charge on any atom is 0.168 e. The number of halogens is 1. The van der Waals surface area contributed by atoms with E-state index in [0.29, 0.717) is 16.8 Å². The van der Waals surface area contributed by atoms with E-state index in [1.807, 2.05) is 31.2 Å². The average molecular weight is 278 g/mol. The van der Waals surface area contributed by atoms with Crippen LogP contribution in [0.15, 0.2) is 36.4 Å². The lowest BCUT2D eigenvalue weighted by Gasteiger charge is -2.14. The Morgan fingerprint density at radius 2 is 1.74 bits per heavy atom. The molecule has 0 amide bonds. The number of benzene rings is 2. The number of ether oxygens (including phenoxy) is 2. The van der Waals surface area contributed by atoms with Crippen molar-refractivity contribution in [3.63, 3.8) is 0 Å². The van der Waals surface area contributed by atoms with E-state index in [2.05, 4.69) is 0 Å². The third kappa shape index (κ3) is 2.87. The number of para-hydroxylation sites is 1. The highest BCUT2D eigenvalue weighted by atomic mass is 31.1. The highest BCUT2D eigenvalue weighted by Crippen LogP contribution is 2.30. The Hall–Kier alpha value is -1.60. The lowest BCUT2D eigenvalue weighted by Crippen LogP contribution is -2.13. The zero-order valence-electron chi connectivity index (χ0n) is 11.2. The zero-order valence-corrected chi connectivity index (χ0v) is 12.2. The van der Waals surface area contributed by atoms with Gasteiger partial charge < -0.3 is 9.47 Å². The van der Waals surface area contributed by atoms with Crippen LogP contribution in [0, 0.1) is 12.7 Å². The largest absolute Gasteiger partial charge is 0.493 e. The summed E-state index contributed by atoms with van der Waals surface area (Å²) < 4.78 is 24.5. The van der Waals surface area contributed by atoms with Crippen molar-refractivity contribution in [2.24, 2.45) is 0 Å². The Bertz CT molecular complexity index is 564. The summed E-state index contributed by atoms with van der Waals surface area (Å²) in [5, 5.41) is 1.66. The van der Waals surface area contributed by atoms with Crippen molar-refractivity contribution in [3.8, 4) is 11.5 Å². The Morgan fingerprint density at radius 1 is 1.00 bits per heavy atom. The van der Waals surface area contributed by atoms with Crippen molar-refractivity contribution in [2.45, 2.75) is 6.92 Å². The van der Waals surface area contributed by atoms with E-state index in [0.717, 1.165) is 10.9 Å². The van der Waals surface area contributed by atoms with Crippen LogP contribution in [-0.4, -0.2) is 14.2 Å². The molecule has 2 nitrogen and oxygen atoms in total. The summed E-state index contributed by atoms with van der Waals surface area (Å²) in [5.41, 5.74) is 0.947. The summed E-state index contributed by atoms with van der Waals surface area (Å²) in [6.07, 6.45) is 0. The van der Waals surface area contributed by atoms with E-state index >= 15 is 0 Å². The molecule has 0 radical (unpaired) electrons. The lowest BCUT2D eigenvalue weighted by atomic mass is 10.2. The van der Waals surface area contributed by atoms with Crippen LogP contribution < -0.4 is 20.1 Å². The number of hydrogen-bond acceptors (Lipinski definition) is 2. The summed E-state index contributed by atoms with van der Waals surface area (Å²) in [6, 6.07) is 10.8. The van der Waals surface area contributed by atoms with Gasteiger partial charge in [-0.15, -0.1) is 0 Å². The second kappa shape index (κ2) is 6.03. The van der Waals surface area contributed by atoms with Crippen LogP contribution in [0.2, 0.25) is 0 Å². The molecule has 0 aromatic heterocycles. The number of rotatable bonds is 4. The van der Waals surface area contributed by atoms with Gasteiger partial charge in [-0.1, -0.05) is 32.8 Å². The predicted molar refractivity (Wildman–Crippen MR) is 78.3 cm³/mol. The first-order chi connectivity index (χ1) is 9.17.